The first-order valence-electron chi connectivity index (χ1n) is 7.04. The molecule has 3 nitrogen and oxygen atoms in total. The number of benzene rings is 2. The standard InChI is InChI=1S/C18H16ClNO2/c1-2-22-18(21)17(13-8-4-3-5-9-13)15(12-20)14-10-6-7-11-16(14)19/h3-11,15,17H,2H2,1H3. The SMILES string of the molecule is CCOC(=O)C(c1ccccc1)C(C#N)c1ccccc1Cl. The predicted octanol–water partition coefficient (Wildman–Crippen LogP) is 4.29. The van der Waals surface area contributed by atoms with E-state index in [0.29, 0.717) is 10.6 Å². The van der Waals surface area contributed by atoms with Crippen molar-refractivity contribution in [3.63, 3.8) is 0 Å². The Kier molecular flexibility index (Phi) is 5.57. The van der Waals surface area contributed by atoms with E-state index in [4.69, 9.17) is 16.3 Å². The molecule has 2 unspecified atom stereocenters. The third kappa shape index (κ3) is 3.47. The van der Waals surface area contributed by atoms with Crippen LogP contribution in [0.25, 0.3) is 0 Å². The summed E-state index contributed by atoms with van der Waals surface area (Å²) in [6.45, 7) is 2.01. The van der Waals surface area contributed by atoms with Crippen LogP contribution in [0.15, 0.2) is 54.6 Å². The van der Waals surface area contributed by atoms with Crippen molar-refractivity contribution in [2.24, 2.45) is 0 Å². The first-order chi connectivity index (χ1) is 10.7. The maximum atomic E-state index is 12.4. The molecular weight excluding hydrogens is 298 g/mol. The van der Waals surface area contributed by atoms with Gasteiger partial charge in [0.05, 0.1) is 18.6 Å². The highest BCUT2D eigenvalue weighted by molar-refractivity contribution is 6.31. The molecule has 0 saturated carbocycles. The minimum atomic E-state index is -0.703. The highest BCUT2D eigenvalue weighted by Crippen LogP contribution is 2.36. The zero-order chi connectivity index (χ0) is 15.9. The minimum absolute atomic E-state index is 0.267. The van der Waals surface area contributed by atoms with Crippen molar-refractivity contribution in [3.8, 4) is 6.07 Å². The van der Waals surface area contributed by atoms with Crippen molar-refractivity contribution in [1.29, 1.82) is 5.26 Å². The first-order valence-corrected chi connectivity index (χ1v) is 7.42. The third-order valence-corrected chi connectivity index (χ3v) is 3.76. The molecule has 0 radical (unpaired) electrons. The van der Waals surface area contributed by atoms with Crippen LogP contribution in [0.3, 0.4) is 0 Å². The van der Waals surface area contributed by atoms with E-state index >= 15 is 0 Å². The normalized spacial score (nSPS) is 13.0. The Balaban J connectivity index is 2.50. The number of ether oxygens (including phenoxy) is 1. The van der Waals surface area contributed by atoms with Gasteiger partial charge in [0.2, 0.25) is 0 Å². The quantitative estimate of drug-likeness (QED) is 0.773. The molecule has 0 N–H and O–H groups in total. The van der Waals surface area contributed by atoms with Gasteiger partial charge in [-0.25, -0.2) is 0 Å². The van der Waals surface area contributed by atoms with E-state index in [9.17, 15) is 10.1 Å². The Bertz CT molecular complexity index is 679. The summed E-state index contributed by atoms with van der Waals surface area (Å²) in [5, 5.41) is 10.1. The summed E-state index contributed by atoms with van der Waals surface area (Å²) in [7, 11) is 0. The van der Waals surface area contributed by atoms with Crippen LogP contribution in [-0.4, -0.2) is 12.6 Å². The topological polar surface area (TPSA) is 50.1 Å². The van der Waals surface area contributed by atoms with Crippen molar-refractivity contribution in [1.82, 2.24) is 0 Å². The summed E-state index contributed by atoms with van der Waals surface area (Å²) in [5.74, 6) is -1.82. The van der Waals surface area contributed by atoms with Crippen molar-refractivity contribution in [2.75, 3.05) is 6.61 Å². The number of esters is 1. The Hall–Kier alpha value is -2.31. The van der Waals surface area contributed by atoms with E-state index in [0.717, 1.165) is 5.56 Å². The number of rotatable bonds is 5. The number of nitrogens with zero attached hydrogens (tertiary/aromatic N) is 1. The average Bonchev–Trinajstić information content (AvgIpc) is 2.54. The van der Waals surface area contributed by atoms with Crippen LogP contribution in [0.4, 0.5) is 0 Å². The summed E-state index contributed by atoms with van der Waals surface area (Å²) < 4.78 is 5.17. The molecule has 0 spiro atoms. The number of carbonyl (C=O) groups is 1. The van der Waals surface area contributed by atoms with Crippen molar-refractivity contribution in [2.45, 2.75) is 18.8 Å². The fraction of sp³-hybridized carbons (Fsp3) is 0.222. The highest BCUT2D eigenvalue weighted by Gasteiger charge is 2.33. The van der Waals surface area contributed by atoms with Gasteiger partial charge in [-0.05, 0) is 24.1 Å². The lowest BCUT2D eigenvalue weighted by Gasteiger charge is -2.22. The molecule has 0 aliphatic carbocycles. The van der Waals surface area contributed by atoms with Gasteiger partial charge in [-0.2, -0.15) is 5.26 Å². The van der Waals surface area contributed by atoms with Crippen molar-refractivity contribution < 1.29 is 9.53 Å². The zero-order valence-electron chi connectivity index (χ0n) is 12.2. The van der Waals surface area contributed by atoms with E-state index in [1.54, 1.807) is 31.2 Å². The number of halogens is 1. The summed E-state index contributed by atoms with van der Waals surface area (Å²) in [5.41, 5.74) is 1.38. The average molecular weight is 314 g/mol. The molecule has 22 heavy (non-hydrogen) atoms. The van der Waals surface area contributed by atoms with Crippen LogP contribution in [0.2, 0.25) is 5.02 Å². The maximum Gasteiger partial charge on any atom is 0.315 e. The summed E-state index contributed by atoms with van der Waals surface area (Å²) in [4.78, 5) is 12.4. The lowest BCUT2D eigenvalue weighted by atomic mass is 9.82. The van der Waals surface area contributed by atoms with Crippen LogP contribution >= 0.6 is 11.6 Å². The minimum Gasteiger partial charge on any atom is -0.465 e. The molecule has 0 saturated heterocycles. The lowest BCUT2D eigenvalue weighted by Crippen LogP contribution is -2.22. The summed E-state index contributed by atoms with van der Waals surface area (Å²) in [6.07, 6.45) is 0. The largest absolute Gasteiger partial charge is 0.465 e. The molecule has 2 aromatic rings. The number of hydrogen-bond acceptors (Lipinski definition) is 3. The van der Waals surface area contributed by atoms with E-state index < -0.39 is 17.8 Å². The van der Waals surface area contributed by atoms with Crippen molar-refractivity contribution in [3.05, 3.63) is 70.7 Å². The molecule has 0 bridgehead atoms. The fourth-order valence-corrected chi connectivity index (χ4v) is 2.66. The van der Waals surface area contributed by atoms with Crippen LogP contribution in [0, 0.1) is 11.3 Å². The Morgan fingerprint density at radius 1 is 1.18 bits per heavy atom. The molecule has 2 rings (SSSR count). The first kappa shape index (κ1) is 16.1. The van der Waals surface area contributed by atoms with Crippen LogP contribution in [-0.2, 0) is 9.53 Å². The number of hydrogen-bond donors (Lipinski definition) is 0. The molecule has 2 aromatic carbocycles. The molecule has 0 heterocycles. The van der Waals surface area contributed by atoms with Crippen molar-refractivity contribution >= 4 is 17.6 Å². The van der Waals surface area contributed by atoms with E-state index in [1.807, 2.05) is 30.3 Å². The molecular formula is C18H16ClNO2. The van der Waals surface area contributed by atoms with Gasteiger partial charge >= 0.3 is 5.97 Å². The smallest absolute Gasteiger partial charge is 0.315 e. The summed E-state index contributed by atoms with van der Waals surface area (Å²) in [6, 6.07) is 18.5. The van der Waals surface area contributed by atoms with Crippen LogP contribution < -0.4 is 0 Å². The molecule has 0 aliphatic heterocycles. The number of carbonyl (C=O) groups excluding carboxylic acids is 1. The van der Waals surface area contributed by atoms with Gasteiger partial charge in [0.25, 0.3) is 0 Å². The van der Waals surface area contributed by atoms with Gasteiger partial charge in [-0.1, -0.05) is 60.1 Å². The molecule has 4 heteroatoms. The molecule has 0 aromatic heterocycles. The molecule has 0 fully saturated rings. The zero-order valence-corrected chi connectivity index (χ0v) is 13.0. The van der Waals surface area contributed by atoms with Gasteiger partial charge in [-0.15, -0.1) is 0 Å². The van der Waals surface area contributed by atoms with Gasteiger partial charge in [0.15, 0.2) is 0 Å². The van der Waals surface area contributed by atoms with Crippen LogP contribution in [0.1, 0.15) is 29.9 Å². The van der Waals surface area contributed by atoms with E-state index in [-0.39, 0.29) is 6.61 Å². The van der Waals surface area contributed by atoms with E-state index in [1.165, 1.54) is 0 Å². The summed E-state index contributed by atoms with van der Waals surface area (Å²) >= 11 is 6.21. The van der Waals surface area contributed by atoms with E-state index in [2.05, 4.69) is 6.07 Å². The van der Waals surface area contributed by atoms with Gasteiger partial charge in [0, 0.05) is 5.02 Å². The van der Waals surface area contributed by atoms with Gasteiger partial charge in [-0.3, -0.25) is 4.79 Å². The maximum absolute atomic E-state index is 12.4. The molecule has 112 valence electrons. The second-order valence-electron chi connectivity index (χ2n) is 4.77. The third-order valence-electron chi connectivity index (χ3n) is 3.41. The molecule has 2 atom stereocenters. The second kappa shape index (κ2) is 7.63. The second-order valence-corrected chi connectivity index (χ2v) is 5.18. The fourth-order valence-electron chi connectivity index (χ4n) is 2.41. The highest BCUT2D eigenvalue weighted by atomic mass is 35.5. The van der Waals surface area contributed by atoms with Crippen LogP contribution in [0.5, 0.6) is 0 Å². The molecule has 0 amide bonds. The monoisotopic (exact) mass is 313 g/mol. The Labute approximate surface area is 135 Å². The number of nitriles is 1. The Morgan fingerprint density at radius 2 is 1.82 bits per heavy atom. The predicted molar refractivity (Wildman–Crippen MR) is 85.6 cm³/mol. The molecule has 0 aliphatic rings. The van der Waals surface area contributed by atoms with Gasteiger partial charge in [0.1, 0.15) is 5.92 Å². The Morgan fingerprint density at radius 3 is 2.41 bits per heavy atom. The lowest BCUT2D eigenvalue weighted by molar-refractivity contribution is -0.145. The van der Waals surface area contributed by atoms with Gasteiger partial charge < -0.3 is 4.74 Å².